The minimum Gasteiger partial charge on any atom is -0.550 e. The van der Waals surface area contributed by atoms with Gasteiger partial charge in [-0.1, -0.05) is 78.3 Å². The molecule has 1 heterocycles. The molecule has 5 rings (SSSR count). The molecule has 1 fully saturated rings. The quantitative estimate of drug-likeness (QED) is 0.197. The number of pyridine rings is 1. The number of carboxylic acids is 2. The molecule has 1 aromatic heterocycles. The van der Waals surface area contributed by atoms with Gasteiger partial charge in [0.1, 0.15) is 0 Å². The van der Waals surface area contributed by atoms with Crippen LogP contribution in [0, 0.1) is 5.92 Å². The summed E-state index contributed by atoms with van der Waals surface area (Å²) in [6.45, 7) is 5.69. The van der Waals surface area contributed by atoms with E-state index < -0.39 is 17.5 Å². The number of hydrogen-bond acceptors (Lipinski definition) is 7. The maximum absolute atomic E-state index is 10.7. The van der Waals surface area contributed by atoms with E-state index in [-0.39, 0.29) is 37.7 Å². The van der Waals surface area contributed by atoms with Crippen LogP contribution in [0.15, 0.2) is 78.9 Å². The van der Waals surface area contributed by atoms with E-state index in [2.05, 4.69) is 72.4 Å². The topological polar surface area (TPSA) is 113 Å². The molecule has 0 saturated heterocycles. The zero-order valence-corrected chi connectivity index (χ0v) is 30.7. The summed E-state index contributed by atoms with van der Waals surface area (Å²) in [6.07, 6.45) is 8.96. The molecular formula is C37H40CaClNO5S. The van der Waals surface area contributed by atoms with Gasteiger partial charge in [-0.05, 0) is 112 Å². The van der Waals surface area contributed by atoms with E-state index in [4.69, 9.17) is 36.4 Å². The largest absolute Gasteiger partial charge is 2.00 e. The van der Waals surface area contributed by atoms with Crippen molar-refractivity contribution in [3.8, 4) is 0 Å². The van der Waals surface area contributed by atoms with E-state index >= 15 is 0 Å². The van der Waals surface area contributed by atoms with Gasteiger partial charge in [-0.2, -0.15) is 11.8 Å². The van der Waals surface area contributed by atoms with Crippen LogP contribution in [0.1, 0.15) is 80.2 Å². The number of carbonyl (C=O) groups is 2. The Morgan fingerprint density at radius 3 is 2.28 bits per heavy atom. The Bertz CT molecular complexity index is 1600. The summed E-state index contributed by atoms with van der Waals surface area (Å²) < 4.78 is 0. The minimum absolute atomic E-state index is 0. The molecule has 1 saturated carbocycles. The van der Waals surface area contributed by atoms with Gasteiger partial charge in [-0.25, -0.2) is 4.98 Å². The van der Waals surface area contributed by atoms with Crippen LogP contribution in [0.25, 0.3) is 23.1 Å². The Labute approximate surface area is 311 Å². The van der Waals surface area contributed by atoms with Crippen LogP contribution in [-0.2, 0) is 21.6 Å². The van der Waals surface area contributed by atoms with E-state index in [9.17, 15) is 5.11 Å². The summed E-state index contributed by atoms with van der Waals surface area (Å²) in [7, 11) is 0. The maximum atomic E-state index is 10.7. The number of carboxylic acid groups (broad SMARTS) is 2. The van der Waals surface area contributed by atoms with E-state index in [1.807, 2.05) is 44.2 Å². The number of nitrogens with zero attached hydrogens (tertiary/aromatic N) is 1. The molecule has 238 valence electrons. The van der Waals surface area contributed by atoms with Gasteiger partial charge in [0.15, 0.2) is 0 Å². The first-order chi connectivity index (χ1) is 21.3. The van der Waals surface area contributed by atoms with Crippen LogP contribution in [-0.4, -0.2) is 65.5 Å². The average molecular weight is 686 g/mol. The molecule has 1 aliphatic carbocycles. The van der Waals surface area contributed by atoms with E-state index in [1.165, 1.54) is 35.3 Å². The summed E-state index contributed by atoms with van der Waals surface area (Å²) in [6, 6.07) is 27.2. The fourth-order valence-electron chi connectivity index (χ4n) is 4.75. The second kappa shape index (κ2) is 19.4. The number of aromatic nitrogens is 1. The van der Waals surface area contributed by atoms with Gasteiger partial charge in [0.25, 0.3) is 0 Å². The standard InChI is InChI=1S/C33H34ClNOS.2C2H4O2.Ca/c1-33(2,36)30-9-4-3-7-25(30)15-19-32(37-22-24-10-11-24)27-8-5-6-23(20-27)12-17-29-18-14-26-13-16-28(34)21-31(26)35-29;2*1-2(3)4;/h3-9,12-14,16-18,20-21,24,32,36H,10-11,15,19,22H2,1-2H3;2*1H3,(H,3,4);/q;;;+2/p-2/t32-;;;/m1.../s1. The fourth-order valence-corrected chi connectivity index (χ4v) is 6.38. The molecule has 3 aromatic carbocycles. The van der Waals surface area contributed by atoms with Crippen LogP contribution in [0.3, 0.4) is 0 Å². The molecular weight excluding hydrogens is 646 g/mol. The van der Waals surface area contributed by atoms with Crippen LogP contribution in [0.2, 0.25) is 5.02 Å². The smallest absolute Gasteiger partial charge is 0.550 e. The molecule has 1 N–H and O–H groups in total. The first kappa shape index (κ1) is 39.8. The normalized spacial score (nSPS) is 13.1. The number of carbonyl (C=O) groups excluding carboxylic acids is 2. The second-order valence-electron chi connectivity index (χ2n) is 11.6. The number of fused-ring (bicyclic) bond motifs is 1. The monoisotopic (exact) mass is 685 g/mol. The van der Waals surface area contributed by atoms with Crippen molar-refractivity contribution >= 4 is 96.1 Å². The van der Waals surface area contributed by atoms with E-state index in [1.54, 1.807) is 0 Å². The number of halogens is 1. The van der Waals surface area contributed by atoms with Crippen molar-refractivity contribution in [2.75, 3.05) is 5.75 Å². The van der Waals surface area contributed by atoms with E-state index in [0.717, 1.165) is 54.8 Å². The number of aliphatic carboxylic acids is 2. The third kappa shape index (κ3) is 14.6. The molecule has 0 amide bonds. The third-order valence-electron chi connectivity index (χ3n) is 6.99. The van der Waals surface area contributed by atoms with Crippen molar-refractivity contribution in [3.63, 3.8) is 0 Å². The molecule has 0 radical (unpaired) electrons. The predicted molar refractivity (Wildman–Crippen MR) is 187 cm³/mol. The molecule has 0 bridgehead atoms. The zero-order chi connectivity index (χ0) is 33.0. The summed E-state index contributed by atoms with van der Waals surface area (Å²) in [5.41, 5.74) is 5.81. The Kier molecular flexibility index (Phi) is 16.8. The summed E-state index contributed by atoms with van der Waals surface area (Å²) >= 11 is 8.26. The van der Waals surface area contributed by atoms with Crippen molar-refractivity contribution < 1.29 is 24.9 Å². The maximum Gasteiger partial charge on any atom is 2.00 e. The van der Waals surface area contributed by atoms with Crippen molar-refractivity contribution in [2.45, 2.75) is 64.2 Å². The van der Waals surface area contributed by atoms with Crippen LogP contribution in [0.5, 0.6) is 0 Å². The molecule has 0 unspecified atom stereocenters. The van der Waals surface area contributed by atoms with Crippen LogP contribution >= 0.6 is 23.4 Å². The van der Waals surface area contributed by atoms with Crippen LogP contribution < -0.4 is 10.2 Å². The second-order valence-corrected chi connectivity index (χ2v) is 13.3. The number of thioether (sulfide) groups is 1. The molecule has 0 spiro atoms. The molecule has 46 heavy (non-hydrogen) atoms. The summed E-state index contributed by atoms with van der Waals surface area (Å²) in [4.78, 5) is 22.5. The number of aryl methyl sites for hydroxylation is 1. The zero-order valence-electron chi connectivity index (χ0n) is 26.9. The number of benzene rings is 3. The first-order valence-corrected chi connectivity index (χ1v) is 16.4. The number of hydrogen-bond donors (Lipinski definition) is 1. The Hall–Kier alpha value is -2.39. The Balaban J connectivity index is 0.000000736. The van der Waals surface area contributed by atoms with Gasteiger partial charge in [0.05, 0.1) is 16.8 Å². The molecule has 1 aliphatic rings. The van der Waals surface area contributed by atoms with Gasteiger partial charge >= 0.3 is 37.7 Å². The summed E-state index contributed by atoms with van der Waals surface area (Å²) in [5.74, 6) is -0.0618. The van der Waals surface area contributed by atoms with Gasteiger partial charge in [0, 0.05) is 27.6 Å². The first-order valence-electron chi connectivity index (χ1n) is 14.9. The number of aliphatic hydroxyl groups is 1. The predicted octanol–water partition coefficient (Wildman–Crippen LogP) is 6.23. The molecule has 1 atom stereocenters. The SMILES string of the molecule is CC(=O)[O-].CC(=O)[O-].CC(C)(O)c1ccccc1CC[C@@H](SCC1CC1)c1cccc(C=Cc2ccc3ccc(Cl)cc3n2)c1.[Ca+2]. The van der Waals surface area contributed by atoms with Gasteiger partial charge in [-0.15, -0.1) is 0 Å². The summed E-state index contributed by atoms with van der Waals surface area (Å²) in [5, 5.41) is 30.7. The molecule has 4 aromatic rings. The minimum atomic E-state index is -1.08. The Morgan fingerprint density at radius 2 is 1.63 bits per heavy atom. The van der Waals surface area contributed by atoms with E-state index in [0.29, 0.717) is 10.3 Å². The fraction of sp³-hybridized carbons (Fsp3) is 0.324. The average Bonchev–Trinajstić information content (AvgIpc) is 3.80. The van der Waals surface area contributed by atoms with Crippen molar-refractivity contribution in [3.05, 3.63) is 112 Å². The van der Waals surface area contributed by atoms with Gasteiger partial charge in [-0.3, -0.25) is 0 Å². The van der Waals surface area contributed by atoms with Gasteiger partial charge in [0.2, 0.25) is 0 Å². The number of rotatable bonds is 10. The molecule has 6 nitrogen and oxygen atoms in total. The van der Waals surface area contributed by atoms with Gasteiger partial charge < -0.3 is 24.9 Å². The molecule has 9 heteroatoms. The third-order valence-corrected chi connectivity index (χ3v) is 8.80. The van der Waals surface area contributed by atoms with Crippen molar-refractivity contribution in [1.82, 2.24) is 4.98 Å². The van der Waals surface area contributed by atoms with Crippen molar-refractivity contribution in [1.29, 1.82) is 0 Å². The molecule has 0 aliphatic heterocycles. The Morgan fingerprint density at radius 1 is 0.978 bits per heavy atom. The van der Waals surface area contributed by atoms with Crippen LogP contribution in [0.4, 0.5) is 0 Å². The van der Waals surface area contributed by atoms with Crippen molar-refractivity contribution in [2.24, 2.45) is 5.92 Å².